The first-order chi connectivity index (χ1) is 21.2. The number of amides is 3. The molecule has 13 nitrogen and oxygen atoms in total. The van der Waals surface area contributed by atoms with Crippen LogP contribution < -0.4 is 10.2 Å². The third kappa shape index (κ3) is 7.03. The average Bonchev–Trinajstić information content (AvgIpc) is 3.43. The van der Waals surface area contributed by atoms with Crippen LogP contribution in [0.3, 0.4) is 0 Å². The van der Waals surface area contributed by atoms with Crippen molar-refractivity contribution in [2.45, 2.75) is 45.8 Å². The molecular weight excluding hydrogens is 568 g/mol. The first kappa shape index (κ1) is 31.0. The number of fused-ring (bicyclic) bond motifs is 1. The van der Waals surface area contributed by atoms with E-state index in [4.69, 9.17) is 19.6 Å². The number of nitrogens with zero attached hydrogens (tertiary/aromatic N) is 5. The Morgan fingerprint density at radius 3 is 2.27 bits per heavy atom. The van der Waals surface area contributed by atoms with Gasteiger partial charge < -0.3 is 34.6 Å². The van der Waals surface area contributed by atoms with E-state index >= 15 is 0 Å². The highest BCUT2D eigenvalue weighted by Crippen LogP contribution is 2.48. The zero-order valence-electron chi connectivity index (χ0n) is 25.3. The normalized spacial score (nSPS) is 21.5. The molecule has 0 spiro atoms. The Morgan fingerprint density at radius 1 is 1.00 bits per heavy atom. The quantitative estimate of drug-likeness (QED) is 0.304. The molecule has 0 radical (unpaired) electrons. The number of rotatable bonds is 10. The summed E-state index contributed by atoms with van der Waals surface area (Å²) in [5.74, 6) is 0.193. The Kier molecular flexibility index (Phi) is 9.50. The van der Waals surface area contributed by atoms with Crippen LogP contribution in [0.5, 0.6) is 0 Å². The fourth-order valence-corrected chi connectivity index (χ4v) is 5.81. The molecule has 1 aliphatic carbocycles. The maximum atomic E-state index is 13.7. The van der Waals surface area contributed by atoms with Gasteiger partial charge in [-0.25, -0.2) is 19.6 Å². The number of hydrogen-bond acceptors (Lipinski definition) is 9. The van der Waals surface area contributed by atoms with Crippen molar-refractivity contribution in [2.75, 3.05) is 50.8 Å². The highest BCUT2D eigenvalue weighted by atomic mass is 16.7. The van der Waals surface area contributed by atoms with E-state index in [0.717, 1.165) is 18.4 Å². The summed E-state index contributed by atoms with van der Waals surface area (Å²) in [6.45, 7) is 8.68. The second-order valence-electron chi connectivity index (χ2n) is 11.9. The Bertz CT molecular complexity index is 1350. The number of piperazine rings is 1. The van der Waals surface area contributed by atoms with Gasteiger partial charge in [-0.2, -0.15) is 0 Å². The number of carbonyl (C=O) groups excluding carboxylic acids is 3. The Balaban J connectivity index is 1.28. The largest absolute Gasteiger partial charge is 0.506 e. The van der Waals surface area contributed by atoms with Crippen LogP contribution in [-0.2, 0) is 14.3 Å². The molecule has 1 aromatic carbocycles. The minimum absolute atomic E-state index is 0.0834. The molecule has 13 heteroatoms. The number of unbranched alkanes of at least 4 members (excludes halogenated alkanes) is 1. The van der Waals surface area contributed by atoms with Gasteiger partial charge in [-0.3, -0.25) is 9.59 Å². The van der Waals surface area contributed by atoms with Crippen LogP contribution in [0.1, 0.15) is 44.1 Å². The first-order valence-electron chi connectivity index (χ1n) is 15.3. The molecule has 4 atom stereocenters. The van der Waals surface area contributed by atoms with E-state index in [1.165, 1.54) is 0 Å². The zero-order chi connectivity index (χ0) is 31.4. The van der Waals surface area contributed by atoms with Gasteiger partial charge in [0.05, 0.1) is 6.61 Å². The van der Waals surface area contributed by atoms with Crippen LogP contribution in [-0.4, -0.2) is 107 Å². The summed E-state index contributed by atoms with van der Waals surface area (Å²) in [5, 5.41) is 11.9. The number of nitrogens with one attached hydrogen (secondary N) is 1. The maximum absolute atomic E-state index is 13.7. The molecule has 3 amide bonds. The minimum atomic E-state index is -1.27. The SMILES string of the molecule is CCCCOC(=O)N1CCN(C(=O)[C@@H](NC(=O)c2cc(N3C[C@@H]4[C@H](C3)[C@H]4OC(=O)O)nc(-c3ccccc3)n2)C(C)C)CC1. The van der Waals surface area contributed by atoms with Crippen molar-refractivity contribution in [3.05, 3.63) is 42.1 Å². The fraction of sp³-hybridized carbons (Fsp3) is 0.548. The third-order valence-electron chi connectivity index (χ3n) is 8.45. The molecule has 0 unspecified atom stereocenters. The summed E-state index contributed by atoms with van der Waals surface area (Å²) in [4.78, 5) is 65.2. The number of aromatic nitrogens is 2. The van der Waals surface area contributed by atoms with Crippen molar-refractivity contribution in [3.8, 4) is 11.4 Å². The molecule has 1 aromatic heterocycles. The number of carbonyl (C=O) groups is 4. The lowest BCUT2D eigenvalue weighted by Gasteiger charge is -2.36. The summed E-state index contributed by atoms with van der Waals surface area (Å²) in [6, 6.07) is 10.1. The van der Waals surface area contributed by atoms with Crippen LogP contribution in [0.4, 0.5) is 15.4 Å². The molecule has 3 heterocycles. The number of hydrogen-bond donors (Lipinski definition) is 2. The van der Waals surface area contributed by atoms with E-state index in [1.807, 2.05) is 56.0 Å². The van der Waals surface area contributed by atoms with E-state index in [-0.39, 0.29) is 41.6 Å². The van der Waals surface area contributed by atoms with Gasteiger partial charge in [0.1, 0.15) is 23.7 Å². The lowest BCUT2D eigenvalue weighted by atomic mass is 10.0. The van der Waals surface area contributed by atoms with E-state index in [9.17, 15) is 19.2 Å². The zero-order valence-corrected chi connectivity index (χ0v) is 25.3. The van der Waals surface area contributed by atoms with Crippen molar-refractivity contribution in [1.29, 1.82) is 0 Å². The monoisotopic (exact) mass is 608 g/mol. The fourth-order valence-electron chi connectivity index (χ4n) is 5.81. The van der Waals surface area contributed by atoms with Crippen molar-refractivity contribution < 1.29 is 33.8 Å². The molecule has 2 saturated heterocycles. The Morgan fingerprint density at radius 2 is 1.66 bits per heavy atom. The van der Waals surface area contributed by atoms with E-state index in [2.05, 4.69) is 10.3 Å². The van der Waals surface area contributed by atoms with Gasteiger partial charge in [-0.05, 0) is 12.3 Å². The van der Waals surface area contributed by atoms with Gasteiger partial charge in [-0.1, -0.05) is 57.5 Å². The van der Waals surface area contributed by atoms with Crippen molar-refractivity contribution in [2.24, 2.45) is 17.8 Å². The number of piperidine rings is 1. The highest BCUT2D eigenvalue weighted by molar-refractivity contribution is 5.97. The van der Waals surface area contributed by atoms with Crippen LogP contribution in [0, 0.1) is 17.8 Å². The van der Waals surface area contributed by atoms with Gasteiger partial charge in [0.2, 0.25) is 5.91 Å². The number of carboxylic acid groups (broad SMARTS) is 1. The standard InChI is InChI=1S/C31H40N6O7/c1-4-5-15-43-30(40)36-13-11-35(12-14-36)29(39)25(19(2)3)34-28(38)23-16-24(33-27(32-23)20-9-7-6-8-10-20)37-17-21-22(18-37)26(21)44-31(41)42/h6-10,16,19,21-22,25-26H,4-5,11-15,17-18H2,1-3H3,(H,34,38)(H,41,42)/t21-,22+,25-,26+/m0/s1. The Labute approximate surface area is 256 Å². The molecule has 236 valence electrons. The smallest absolute Gasteiger partial charge is 0.450 e. The van der Waals surface area contributed by atoms with Crippen LogP contribution >= 0.6 is 0 Å². The molecular formula is C31H40N6O7. The van der Waals surface area contributed by atoms with Crippen LogP contribution in [0.15, 0.2) is 36.4 Å². The molecule has 1 saturated carbocycles. The summed E-state index contributed by atoms with van der Waals surface area (Å²) in [6.07, 6.45) is -0.209. The summed E-state index contributed by atoms with van der Waals surface area (Å²) in [7, 11) is 0. The molecule has 44 heavy (non-hydrogen) atoms. The third-order valence-corrected chi connectivity index (χ3v) is 8.45. The molecule has 5 rings (SSSR count). The van der Waals surface area contributed by atoms with Gasteiger partial charge in [0.15, 0.2) is 5.82 Å². The molecule has 3 fully saturated rings. The average molecular weight is 609 g/mol. The van der Waals surface area contributed by atoms with E-state index in [1.54, 1.807) is 15.9 Å². The summed E-state index contributed by atoms with van der Waals surface area (Å²) < 4.78 is 10.3. The van der Waals surface area contributed by atoms with Crippen LogP contribution in [0.25, 0.3) is 11.4 Å². The predicted molar refractivity (Wildman–Crippen MR) is 160 cm³/mol. The lowest BCUT2D eigenvalue weighted by Crippen LogP contribution is -2.57. The van der Waals surface area contributed by atoms with Crippen molar-refractivity contribution >= 4 is 29.9 Å². The number of ether oxygens (including phenoxy) is 2. The number of anilines is 1. The highest BCUT2D eigenvalue weighted by Gasteiger charge is 2.59. The second-order valence-corrected chi connectivity index (χ2v) is 11.9. The Hall–Kier alpha value is -4.42. The number of benzene rings is 1. The van der Waals surface area contributed by atoms with E-state index < -0.39 is 18.1 Å². The summed E-state index contributed by atoms with van der Waals surface area (Å²) >= 11 is 0. The topological polar surface area (TPSA) is 154 Å². The van der Waals surface area contributed by atoms with Gasteiger partial charge in [0, 0.05) is 62.7 Å². The van der Waals surface area contributed by atoms with Crippen molar-refractivity contribution in [1.82, 2.24) is 25.1 Å². The van der Waals surface area contributed by atoms with Crippen LogP contribution in [0.2, 0.25) is 0 Å². The van der Waals surface area contributed by atoms with Gasteiger partial charge in [-0.15, -0.1) is 0 Å². The van der Waals surface area contributed by atoms with Gasteiger partial charge >= 0.3 is 12.2 Å². The lowest BCUT2D eigenvalue weighted by molar-refractivity contribution is -0.136. The molecule has 0 bridgehead atoms. The molecule has 3 aliphatic rings. The molecule has 2 aromatic rings. The first-order valence-corrected chi connectivity index (χ1v) is 15.3. The maximum Gasteiger partial charge on any atom is 0.506 e. The second kappa shape index (κ2) is 13.5. The summed E-state index contributed by atoms with van der Waals surface area (Å²) in [5.41, 5.74) is 0.869. The van der Waals surface area contributed by atoms with Gasteiger partial charge in [0.25, 0.3) is 5.91 Å². The van der Waals surface area contributed by atoms with E-state index in [0.29, 0.717) is 57.5 Å². The minimum Gasteiger partial charge on any atom is -0.450 e. The molecule has 2 N–H and O–H groups in total. The van der Waals surface area contributed by atoms with Crippen molar-refractivity contribution in [3.63, 3.8) is 0 Å². The molecule has 2 aliphatic heterocycles. The predicted octanol–water partition coefficient (Wildman–Crippen LogP) is 3.11.